The number of likely N-dealkylation sites (N-methyl/N-ethyl adjacent to an activating group) is 1. The first-order valence-electron chi connectivity index (χ1n) is 10.1. The number of nitrogens with one attached hydrogen (secondary N) is 2. The van der Waals surface area contributed by atoms with Gasteiger partial charge < -0.3 is 20.3 Å². The topological polar surface area (TPSA) is 66.0 Å². The van der Waals surface area contributed by atoms with Crippen LogP contribution >= 0.6 is 0 Å². The number of likely N-dealkylation sites (tertiary alicyclic amines) is 1. The second-order valence-corrected chi connectivity index (χ2v) is 8.28. The van der Waals surface area contributed by atoms with E-state index in [-0.39, 0.29) is 11.9 Å². The number of guanidine groups is 1. The minimum Gasteiger partial charge on any atom is -0.377 e. The molecule has 25 heavy (non-hydrogen) atoms. The summed E-state index contributed by atoms with van der Waals surface area (Å²) in [5.41, 5.74) is 0.330. The molecule has 4 aliphatic rings. The molecule has 140 valence electrons. The molecule has 0 aromatic rings. The van der Waals surface area contributed by atoms with E-state index in [0.717, 1.165) is 32.1 Å². The lowest BCUT2D eigenvalue weighted by molar-refractivity contribution is -0.132. The fourth-order valence-corrected chi connectivity index (χ4v) is 5.67. The molecule has 1 spiro atoms. The van der Waals surface area contributed by atoms with Gasteiger partial charge in [-0.05, 0) is 32.6 Å². The number of carbonyl (C=O) groups is 1. The average molecular weight is 348 g/mol. The highest BCUT2D eigenvalue weighted by molar-refractivity contribution is 5.82. The van der Waals surface area contributed by atoms with Crippen LogP contribution in [0.1, 0.15) is 51.9 Å². The summed E-state index contributed by atoms with van der Waals surface area (Å²) in [7, 11) is 1.89. The zero-order chi connectivity index (χ0) is 17.4. The summed E-state index contributed by atoms with van der Waals surface area (Å²) in [6.45, 7) is 4.52. The van der Waals surface area contributed by atoms with E-state index in [0.29, 0.717) is 29.9 Å². The van der Waals surface area contributed by atoms with Crippen LogP contribution in [0.3, 0.4) is 0 Å². The van der Waals surface area contributed by atoms with Gasteiger partial charge in [-0.15, -0.1) is 0 Å². The molecule has 6 heteroatoms. The zero-order valence-corrected chi connectivity index (χ0v) is 15.6. The highest BCUT2D eigenvalue weighted by Gasteiger charge is 2.65. The second-order valence-electron chi connectivity index (χ2n) is 8.28. The minimum absolute atomic E-state index is 0.245. The first-order valence-corrected chi connectivity index (χ1v) is 10.1. The van der Waals surface area contributed by atoms with Crippen LogP contribution in [0.5, 0.6) is 0 Å². The first-order chi connectivity index (χ1) is 12.1. The summed E-state index contributed by atoms with van der Waals surface area (Å²) in [5.74, 6) is 1.81. The maximum atomic E-state index is 11.7. The highest BCUT2D eigenvalue weighted by atomic mass is 16.5. The summed E-state index contributed by atoms with van der Waals surface area (Å²) in [4.78, 5) is 18.2. The first kappa shape index (κ1) is 17.1. The van der Waals surface area contributed by atoms with Crippen molar-refractivity contribution in [1.29, 1.82) is 0 Å². The van der Waals surface area contributed by atoms with Crippen molar-refractivity contribution in [1.82, 2.24) is 15.5 Å². The molecular formula is C19H32N4O2. The van der Waals surface area contributed by atoms with E-state index in [1.54, 1.807) is 0 Å². The molecule has 4 unspecified atom stereocenters. The van der Waals surface area contributed by atoms with Gasteiger partial charge in [-0.1, -0.05) is 12.8 Å². The predicted octanol–water partition coefficient (Wildman–Crippen LogP) is 1.51. The molecule has 0 radical (unpaired) electrons. The number of hydrogen-bond acceptors (Lipinski definition) is 3. The molecule has 4 rings (SSSR count). The molecule has 2 aliphatic heterocycles. The summed E-state index contributed by atoms with van der Waals surface area (Å²) < 4.78 is 6.09. The Kier molecular flexibility index (Phi) is 4.65. The lowest BCUT2D eigenvalue weighted by Gasteiger charge is -2.57. The third kappa shape index (κ3) is 2.92. The molecule has 2 N–H and O–H groups in total. The number of aliphatic imine (C=N–C) groups is 1. The molecule has 2 saturated heterocycles. The molecule has 4 fully saturated rings. The van der Waals surface area contributed by atoms with Crippen LogP contribution in [-0.4, -0.2) is 61.7 Å². The van der Waals surface area contributed by atoms with Crippen molar-refractivity contribution < 1.29 is 9.53 Å². The molecule has 0 aromatic heterocycles. The zero-order valence-electron chi connectivity index (χ0n) is 15.6. The van der Waals surface area contributed by atoms with Gasteiger partial charge in [-0.25, -0.2) is 0 Å². The Morgan fingerprint density at radius 1 is 1.32 bits per heavy atom. The molecule has 2 aliphatic carbocycles. The number of amides is 1. The van der Waals surface area contributed by atoms with Crippen LogP contribution in [0.2, 0.25) is 0 Å². The van der Waals surface area contributed by atoms with Gasteiger partial charge in [-0.3, -0.25) is 9.79 Å². The van der Waals surface area contributed by atoms with Gasteiger partial charge in [0.25, 0.3) is 0 Å². The highest BCUT2D eigenvalue weighted by Crippen LogP contribution is 2.60. The lowest BCUT2D eigenvalue weighted by Crippen LogP contribution is -2.70. The van der Waals surface area contributed by atoms with Crippen LogP contribution in [0.25, 0.3) is 0 Å². The Balaban J connectivity index is 1.43. The van der Waals surface area contributed by atoms with Crippen molar-refractivity contribution in [3.8, 4) is 0 Å². The molecule has 0 aromatic carbocycles. The quantitative estimate of drug-likeness (QED) is 0.599. The number of rotatable bonds is 3. The van der Waals surface area contributed by atoms with Crippen LogP contribution in [0, 0.1) is 11.3 Å². The Morgan fingerprint density at radius 2 is 2.12 bits per heavy atom. The fourth-order valence-electron chi connectivity index (χ4n) is 5.67. The van der Waals surface area contributed by atoms with Crippen molar-refractivity contribution >= 4 is 11.9 Å². The Labute approximate surface area is 150 Å². The third-order valence-electron chi connectivity index (χ3n) is 6.86. The van der Waals surface area contributed by atoms with Crippen molar-refractivity contribution in [2.75, 3.05) is 26.7 Å². The van der Waals surface area contributed by atoms with E-state index in [1.807, 2.05) is 11.9 Å². The summed E-state index contributed by atoms with van der Waals surface area (Å²) >= 11 is 0. The fraction of sp³-hybridized carbons (Fsp3) is 0.895. The molecule has 2 saturated carbocycles. The summed E-state index contributed by atoms with van der Waals surface area (Å²) in [6.07, 6.45) is 8.37. The standard InChI is InChI=1S/C19H32N4O2/c1-3-20-18(21-13-6-7-15(24)23(2)12-13)22-16-14-8-11-25-17(14)19(16)9-4-5-10-19/h13-14,16-17H,3-12H2,1-2H3,(H2,20,21,22). The molecule has 6 nitrogen and oxygen atoms in total. The van der Waals surface area contributed by atoms with Crippen LogP contribution < -0.4 is 10.6 Å². The van der Waals surface area contributed by atoms with Gasteiger partial charge >= 0.3 is 0 Å². The minimum atomic E-state index is 0.245. The van der Waals surface area contributed by atoms with Gasteiger partial charge in [-0.2, -0.15) is 0 Å². The lowest BCUT2D eigenvalue weighted by atomic mass is 9.54. The van der Waals surface area contributed by atoms with Crippen molar-refractivity contribution in [2.24, 2.45) is 16.3 Å². The molecule has 2 heterocycles. The van der Waals surface area contributed by atoms with E-state index >= 15 is 0 Å². The number of ether oxygens (including phenoxy) is 1. The number of hydrogen-bond donors (Lipinski definition) is 2. The van der Waals surface area contributed by atoms with Gasteiger partial charge in [0.2, 0.25) is 5.91 Å². The van der Waals surface area contributed by atoms with E-state index in [9.17, 15) is 4.79 Å². The second kappa shape index (κ2) is 6.78. The predicted molar refractivity (Wildman–Crippen MR) is 97.4 cm³/mol. The number of fused-ring (bicyclic) bond motifs is 2. The molecule has 4 atom stereocenters. The Bertz CT molecular complexity index is 544. The van der Waals surface area contributed by atoms with E-state index < -0.39 is 0 Å². The van der Waals surface area contributed by atoms with Gasteiger partial charge in [0.05, 0.1) is 6.10 Å². The Hall–Kier alpha value is -1.30. The van der Waals surface area contributed by atoms with Crippen molar-refractivity contribution in [3.05, 3.63) is 0 Å². The van der Waals surface area contributed by atoms with Gasteiger partial charge in [0.1, 0.15) is 0 Å². The monoisotopic (exact) mass is 348 g/mol. The van der Waals surface area contributed by atoms with Crippen LogP contribution in [0.4, 0.5) is 0 Å². The summed E-state index contributed by atoms with van der Waals surface area (Å²) in [5, 5.41) is 7.38. The normalized spacial score (nSPS) is 37.1. The van der Waals surface area contributed by atoms with Crippen LogP contribution in [-0.2, 0) is 9.53 Å². The maximum Gasteiger partial charge on any atom is 0.222 e. The van der Waals surface area contributed by atoms with E-state index in [2.05, 4.69) is 17.6 Å². The largest absolute Gasteiger partial charge is 0.377 e. The number of piperidine rings is 1. The third-order valence-corrected chi connectivity index (χ3v) is 6.86. The van der Waals surface area contributed by atoms with Crippen molar-refractivity contribution in [2.45, 2.75) is 70.1 Å². The van der Waals surface area contributed by atoms with Crippen LogP contribution in [0.15, 0.2) is 4.99 Å². The van der Waals surface area contributed by atoms with Crippen molar-refractivity contribution in [3.63, 3.8) is 0 Å². The number of carbonyl (C=O) groups excluding carboxylic acids is 1. The van der Waals surface area contributed by atoms with E-state index in [4.69, 9.17) is 9.73 Å². The van der Waals surface area contributed by atoms with Gasteiger partial charge in [0, 0.05) is 56.6 Å². The van der Waals surface area contributed by atoms with Gasteiger partial charge in [0.15, 0.2) is 5.96 Å². The average Bonchev–Trinajstić information content (AvgIpc) is 3.24. The Morgan fingerprint density at radius 3 is 2.84 bits per heavy atom. The maximum absolute atomic E-state index is 11.7. The number of nitrogens with zero attached hydrogens (tertiary/aromatic N) is 2. The smallest absolute Gasteiger partial charge is 0.222 e. The SMILES string of the molecule is CCN=C(NC1CCC(=O)N(C)C1)NC1C2CCOC2C12CCCC2. The van der Waals surface area contributed by atoms with E-state index in [1.165, 1.54) is 32.1 Å². The molecular weight excluding hydrogens is 316 g/mol. The summed E-state index contributed by atoms with van der Waals surface area (Å²) in [6, 6.07) is 0.777. The molecule has 0 bridgehead atoms. The molecule has 1 amide bonds.